The Morgan fingerprint density at radius 2 is 2.15 bits per heavy atom. The van der Waals surface area contributed by atoms with Crippen LogP contribution >= 0.6 is 0 Å². The molecule has 13 heavy (non-hydrogen) atoms. The lowest BCUT2D eigenvalue weighted by Crippen LogP contribution is -2.27. The van der Waals surface area contributed by atoms with E-state index in [1.807, 2.05) is 0 Å². The van der Waals surface area contributed by atoms with E-state index in [9.17, 15) is 0 Å². The van der Waals surface area contributed by atoms with Crippen molar-refractivity contribution in [3.05, 3.63) is 17.2 Å². The zero-order valence-electron chi connectivity index (χ0n) is 8.35. The predicted octanol–water partition coefficient (Wildman–Crippen LogP) is 1.84. The largest absolute Gasteiger partial charge is 0.345 e. The van der Waals surface area contributed by atoms with Crippen molar-refractivity contribution < 1.29 is 0 Å². The molecule has 2 rings (SSSR count). The molecule has 72 valence electrons. The van der Waals surface area contributed by atoms with E-state index >= 15 is 0 Å². The van der Waals surface area contributed by atoms with Crippen LogP contribution in [0.5, 0.6) is 0 Å². The van der Waals surface area contributed by atoms with Gasteiger partial charge in [0.05, 0.1) is 11.7 Å². The Morgan fingerprint density at radius 3 is 2.69 bits per heavy atom. The molecule has 0 radical (unpaired) electrons. The van der Waals surface area contributed by atoms with Crippen molar-refractivity contribution in [1.82, 2.24) is 15.3 Å². The van der Waals surface area contributed by atoms with Gasteiger partial charge in [0.2, 0.25) is 0 Å². The molecule has 1 aromatic heterocycles. The summed E-state index contributed by atoms with van der Waals surface area (Å²) in [5, 5.41) is 3.48. The molecule has 0 bridgehead atoms. The number of piperidine rings is 1. The normalized spacial score (nSPS) is 23.4. The van der Waals surface area contributed by atoms with Crippen LogP contribution < -0.4 is 5.32 Å². The van der Waals surface area contributed by atoms with Crippen molar-refractivity contribution in [3.63, 3.8) is 0 Å². The number of nitrogens with one attached hydrogen (secondary N) is 2. The van der Waals surface area contributed by atoms with E-state index in [-0.39, 0.29) is 0 Å². The van der Waals surface area contributed by atoms with Crippen LogP contribution in [-0.4, -0.2) is 16.5 Å². The first-order valence-electron chi connectivity index (χ1n) is 5.04. The molecule has 2 heterocycles. The number of aromatic nitrogens is 2. The van der Waals surface area contributed by atoms with E-state index in [4.69, 9.17) is 0 Å². The highest BCUT2D eigenvalue weighted by Crippen LogP contribution is 2.21. The third kappa shape index (κ3) is 1.75. The monoisotopic (exact) mass is 179 g/mol. The van der Waals surface area contributed by atoms with Crippen LogP contribution in [0.3, 0.4) is 0 Å². The minimum atomic E-state index is 0.459. The molecular weight excluding hydrogens is 162 g/mol. The molecule has 2 N–H and O–H groups in total. The van der Waals surface area contributed by atoms with Gasteiger partial charge in [0.1, 0.15) is 5.82 Å². The zero-order chi connectivity index (χ0) is 9.26. The standard InChI is InChI=1S/C10H17N3/c1-7-8(2)13-10(12-7)9-5-3-4-6-11-9/h9,11H,3-6H2,1-2H3,(H,12,13). The molecule has 0 amide bonds. The van der Waals surface area contributed by atoms with Crippen LogP contribution in [0.4, 0.5) is 0 Å². The Labute approximate surface area is 79.0 Å². The number of imidazole rings is 1. The van der Waals surface area contributed by atoms with Gasteiger partial charge in [-0.3, -0.25) is 0 Å². The Hall–Kier alpha value is -0.830. The SMILES string of the molecule is Cc1nc(C2CCCCN2)[nH]c1C. The van der Waals surface area contributed by atoms with E-state index in [2.05, 4.69) is 29.1 Å². The fourth-order valence-electron chi connectivity index (χ4n) is 1.83. The predicted molar refractivity (Wildman–Crippen MR) is 52.7 cm³/mol. The summed E-state index contributed by atoms with van der Waals surface area (Å²) >= 11 is 0. The molecule has 1 unspecified atom stereocenters. The minimum Gasteiger partial charge on any atom is -0.345 e. The lowest BCUT2D eigenvalue weighted by Gasteiger charge is -2.21. The van der Waals surface area contributed by atoms with Gasteiger partial charge in [-0.25, -0.2) is 4.98 Å². The van der Waals surface area contributed by atoms with Crippen LogP contribution in [0, 0.1) is 13.8 Å². The van der Waals surface area contributed by atoms with Crippen molar-refractivity contribution in [3.8, 4) is 0 Å². The Balaban J connectivity index is 2.14. The summed E-state index contributed by atoms with van der Waals surface area (Å²) in [7, 11) is 0. The summed E-state index contributed by atoms with van der Waals surface area (Å²) in [5.41, 5.74) is 2.32. The van der Waals surface area contributed by atoms with E-state index in [0.29, 0.717) is 6.04 Å². The summed E-state index contributed by atoms with van der Waals surface area (Å²) in [4.78, 5) is 7.86. The number of aromatic amines is 1. The summed E-state index contributed by atoms with van der Waals surface area (Å²) in [6, 6.07) is 0.459. The number of rotatable bonds is 1. The molecule has 1 aliphatic heterocycles. The maximum atomic E-state index is 4.52. The highest BCUT2D eigenvalue weighted by Gasteiger charge is 2.17. The van der Waals surface area contributed by atoms with Gasteiger partial charge in [-0.1, -0.05) is 6.42 Å². The first-order valence-corrected chi connectivity index (χ1v) is 5.04. The third-order valence-corrected chi connectivity index (χ3v) is 2.79. The third-order valence-electron chi connectivity index (χ3n) is 2.79. The van der Waals surface area contributed by atoms with Crippen molar-refractivity contribution in [2.75, 3.05) is 6.54 Å². The molecule has 0 spiro atoms. The number of H-pyrrole nitrogens is 1. The molecule has 0 aliphatic carbocycles. The smallest absolute Gasteiger partial charge is 0.123 e. The van der Waals surface area contributed by atoms with Gasteiger partial charge in [-0.15, -0.1) is 0 Å². The first kappa shape index (κ1) is 8.75. The number of aryl methyl sites for hydroxylation is 2. The fraction of sp³-hybridized carbons (Fsp3) is 0.700. The van der Waals surface area contributed by atoms with Crippen LogP contribution in [0.25, 0.3) is 0 Å². The molecule has 1 atom stereocenters. The molecule has 0 aromatic carbocycles. The van der Waals surface area contributed by atoms with E-state index in [1.165, 1.54) is 25.0 Å². The second-order valence-corrected chi connectivity index (χ2v) is 3.83. The maximum absolute atomic E-state index is 4.52. The van der Waals surface area contributed by atoms with Gasteiger partial charge >= 0.3 is 0 Å². The second-order valence-electron chi connectivity index (χ2n) is 3.83. The van der Waals surface area contributed by atoms with Crippen LogP contribution in [0.1, 0.15) is 42.5 Å². The molecule has 1 aromatic rings. The van der Waals surface area contributed by atoms with Gasteiger partial charge in [-0.2, -0.15) is 0 Å². The van der Waals surface area contributed by atoms with Gasteiger partial charge < -0.3 is 10.3 Å². The quantitative estimate of drug-likeness (QED) is 0.690. The molecule has 1 saturated heterocycles. The topological polar surface area (TPSA) is 40.7 Å². The Kier molecular flexibility index (Phi) is 2.36. The summed E-state index contributed by atoms with van der Waals surface area (Å²) < 4.78 is 0. The first-order chi connectivity index (χ1) is 6.27. The van der Waals surface area contributed by atoms with Crippen LogP contribution in [-0.2, 0) is 0 Å². The number of nitrogens with zero attached hydrogens (tertiary/aromatic N) is 1. The fourth-order valence-corrected chi connectivity index (χ4v) is 1.83. The molecule has 3 heteroatoms. The summed E-state index contributed by atoms with van der Waals surface area (Å²) in [6.45, 7) is 5.26. The molecular formula is C10H17N3. The molecule has 3 nitrogen and oxygen atoms in total. The highest BCUT2D eigenvalue weighted by molar-refractivity contribution is 5.13. The van der Waals surface area contributed by atoms with Crippen molar-refractivity contribution in [2.24, 2.45) is 0 Å². The Morgan fingerprint density at radius 1 is 1.31 bits per heavy atom. The van der Waals surface area contributed by atoms with Crippen molar-refractivity contribution >= 4 is 0 Å². The highest BCUT2D eigenvalue weighted by atomic mass is 15.0. The van der Waals surface area contributed by atoms with E-state index in [0.717, 1.165) is 18.1 Å². The minimum absolute atomic E-state index is 0.459. The number of hydrogen-bond acceptors (Lipinski definition) is 2. The molecule has 1 aliphatic rings. The molecule has 1 fully saturated rings. The molecule has 0 saturated carbocycles. The second kappa shape index (κ2) is 3.50. The average Bonchev–Trinajstić information content (AvgIpc) is 2.49. The zero-order valence-corrected chi connectivity index (χ0v) is 8.35. The van der Waals surface area contributed by atoms with Gasteiger partial charge in [0.15, 0.2) is 0 Å². The lowest BCUT2D eigenvalue weighted by atomic mass is 10.0. The van der Waals surface area contributed by atoms with Crippen molar-refractivity contribution in [1.29, 1.82) is 0 Å². The summed E-state index contributed by atoms with van der Waals surface area (Å²) in [6.07, 6.45) is 3.83. The lowest BCUT2D eigenvalue weighted by molar-refractivity contribution is 0.399. The van der Waals surface area contributed by atoms with Gasteiger partial charge in [-0.05, 0) is 33.2 Å². The van der Waals surface area contributed by atoms with Gasteiger partial charge in [0.25, 0.3) is 0 Å². The van der Waals surface area contributed by atoms with Crippen LogP contribution in [0.2, 0.25) is 0 Å². The van der Waals surface area contributed by atoms with Gasteiger partial charge in [0, 0.05) is 5.69 Å². The van der Waals surface area contributed by atoms with E-state index in [1.54, 1.807) is 0 Å². The van der Waals surface area contributed by atoms with Crippen molar-refractivity contribution in [2.45, 2.75) is 39.2 Å². The van der Waals surface area contributed by atoms with E-state index < -0.39 is 0 Å². The number of hydrogen-bond donors (Lipinski definition) is 2. The van der Waals surface area contributed by atoms with Crippen LogP contribution in [0.15, 0.2) is 0 Å². The average molecular weight is 179 g/mol. The maximum Gasteiger partial charge on any atom is 0.123 e. The summed E-state index contributed by atoms with van der Waals surface area (Å²) in [5.74, 6) is 1.12. The Bertz CT molecular complexity index is 265.